The van der Waals surface area contributed by atoms with Crippen LogP contribution in [-0.4, -0.2) is 32.1 Å². The van der Waals surface area contributed by atoms with E-state index >= 15 is 0 Å². The van der Waals surface area contributed by atoms with Crippen LogP contribution in [0.2, 0.25) is 0 Å². The molecule has 118 valence electrons. The van der Waals surface area contributed by atoms with Gasteiger partial charge in [0.05, 0.1) is 11.5 Å². The van der Waals surface area contributed by atoms with Crippen molar-refractivity contribution in [1.82, 2.24) is 4.72 Å². The van der Waals surface area contributed by atoms with E-state index in [4.69, 9.17) is 9.84 Å². The summed E-state index contributed by atoms with van der Waals surface area (Å²) in [4.78, 5) is 11.1. The number of aliphatic carboxylic acids is 1. The molecule has 1 aromatic rings. The van der Waals surface area contributed by atoms with E-state index in [0.717, 1.165) is 6.42 Å². The average Bonchev–Trinajstić information content (AvgIpc) is 2.42. The Morgan fingerprint density at radius 3 is 2.29 bits per heavy atom. The number of carboxylic acids is 1. The Balaban J connectivity index is 2.89. The number of sulfonamides is 1. The summed E-state index contributed by atoms with van der Waals surface area (Å²) in [5.41, 5.74) is 0. The molecule has 6 nitrogen and oxygen atoms in total. The number of ether oxygens (including phenoxy) is 1. The molecule has 0 saturated carbocycles. The molecule has 1 rings (SSSR count). The zero-order valence-corrected chi connectivity index (χ0v) is 13.2. The second-order valence-corrected chi connectivity index (χ2v) is 6.72. The Morgan fingerprint density at radius 1 is 1.29 bits per heavy atom. The predicted molar refractivity (Wildman–Crippen MR) is 78.8 cm³/mol. The van der Waals surface area contributed by atoms with Gasteiger partial charge in [0.2, 0.25) is 10.0 Å². The fraction of sp³-hybridized carbons (Fsp3) is 0.500. The van der Waals surface area contributed by atoms with E-state index in [2.05, 4.69) is 4.72 Å². The molecule has 0 aliphatic heterocycles. The van der Waals surface area contributed by atoms with E-state index in [1.54, 1.807) is 26.0 Å². The van der Waals surface area contributed by atoms with E-state index in [9.17, 15) is 13.2 Å². The van der Waals surface area contributed by atoms with Crippen LogP contribution in [0.1, 0.15) is 27.2 Å². The highest BCUT2D eigenvalue weighted by molar-refractivity contribution is 7.89. The Labute approximate surface area is 125 Å². The highest BCUT2D eigenvalue weighted by Gasteiger charge is 2.27. The molecule has 0 fully saturated rings. The molecule has 0 amide bonds. The van der Waals surface area contributed by atoms with E-state index in [0.29, 0.717) is 12.4 Å². The lowest BCUT2D eigenvalue weighted by Gasteiger charge is -2.18. The number of nitrogens with one attached hydrogen (secondary N) is 1. The van der Waals surface area contributed by atoms with Crippen molar-refractivity contribution in [3.05, 3.63) is 24.3 Å². The van der Waals surface area contributed by atoms with Gasteiger partial charge in [0, 0.05) is 0 Å². The highest BCUT2D eigenvalue weighted by Crippen LogP contribution is 2.17. The van der Waals surface area contributed by atoms with Gasteiger partial charge in [-0.05, 0) is 36.6 Å². The van der Waals surface area contributed by atoms with Crippen molar-refractivity contribution in [2.24, 2.45) is 5.92 Å². The first-order valence-electron chi connectivity index (χ1n) is 6.76. The predicted octanol–water partition coefficient (Wildman–Crippen LogP) is 1.86. The second kappa shape index (κ2) is 7.42. The Kier molecular flexibility index (Phi) is 6.17. The molecule has 0 aliphatic rings. The third kappa shape index (κ3) is 5.02. The van der Waals surface area contributed by atoms with Crippen molar-refractivity contribution in [2.45, 2.75) is 38.1 Å². The molecule has 2 N–H and O–H groups in total. The molecule has 0 radical (unpaired) electrons. The maximum Gasteiger partial charge on any atom is 0.322 e. The monoisotopic (exact) mass is 315 g/mol. The third-order valence-corrected chi connectivity index (χ3v) is 4.28. The molecule has 0 heterocycles. The Morgan fingerprint density at radius 2 is 1.86 bits per heavy atom. The van der Waals surface area contributed by atoms with Crippen LogP contribution in [0.5, 0.6) is 5.75 Å². The first-order valence-corrected chi connectivity index (χ1v) is 8.24. The van der Waals surface area contributed by atoms with Crippen molar-refractivity contribution < 1.29 is 23.1 Å². The zero-order valence-electron chi connectivity index (χ0n) is 12.4. The molecular weight excluding hydrogens is 294 g/mol. The average molecular weight is 315 g/mol. The van der Waals surface area contributed by atoms with Gasteiger partial charge in [0.15, 0.2) is 0 Å². The van der Waals surface area contributed by atoms with E-state index in [1.165, 1.54) is 12.1 Å². The number of rotatable bonds is 8. The Bertz CT molecular complexity index is 566. The van der Waals surface area contributed by atoms with E-state index in [-0.39, 0.29) is 10.8 Å². The molecule has 1 atom stereocenters. The molecule has 0 saturated heterocycles. The van der Waals surface area contributed by atoms with Crippen molar-refractivity contribution in [1.29, 1.82) is 0 Å². The quantitative estimate of drug-likeness (QED) is 0.764. The molecule has 21 heavy (non-hydrogen) atoms. The fourth-order valence-corrected chi connectivity index (χ4v) is 2.98. The van der Waals surface area contributed by atoms with Gasteiger partial charge >= 0.3 is 5.97 Å². The molecule has 0 aliphatic carbocycles. The van der Waals surface area contributed by atoms with Crippen LogP contribution in [0.25, 0.3) is 0 Å². The normalized spacial score (nSPS) is 13.1. The lowest BCUT2D eigenvalue weighted by atomic mass is 10.1. The summed E-state index contributed by atoms with van der Waals surface area (Å²) in [6.45, 7) is 5.81. The number of hydrogen-bond donors (Lipinski definition) is 2. The van der Waals surface area contributed by atoms with Crippen LogP contribution >= 0.6 is 0 Å². The van der Waals surface area contributed by atoms with E-state index < -0.39 is 22.0 Å². The number of benzene rings is 1. The summed E-state index contributed by atoms with van der Waals surface area (Å²) in [6, 6.07) is 4.73. The van der Waals surface area contributed by atoms with Gasteiger partial charge in [-0.25, -0.2) is 8.42 Å². The fourth-order valence-electron chi connectivity index (χ4n) is 1.64. The molecule has 0 bridgehead atoms. The maximum atomic E-state index is 12.2. The molecule has 0 spiro atoms. The number of carbonyl (C=O) groups is 1. The molecular formula is C14H21NO5S. The van der Waals surface area contributed by atoms with Gasteiger partial charge in [-0.1, -0.05) is 20.8 Å². The van der Waals surface area contributed by atoms with Crippen LogP contribution in [0.3, 0.4) is 0 Å². The number of hydrogen-bond acceptors (Lipinski definition) is 4. The lowest BCUT2D eigenvalue weighted by molar-refractivity contribution is -0.140. The molecule has 1 aromatic carbocycles. The second-order valence-electron chi connectivity index (χ2n) is 5.00. The standard InChI is InChI=1S/C14H21NO5S/c1-4-9-20-11-5-7-12(8-6-11)21(18,19)15-13(10(2)3)14(16)17/h5-8,10,13,15H,4,9H2,1-3H3,(H,16,17)/t13-/m0/s1. The Hall–Kier alpha value is -1.60. The van der Waals surface area contributed by atoms with E-state index in [1.807, 2.05) is 6.92 Å². The maximum absolute atomic E-state index is 12.2. The summed E-state index contributed by atoms with van der Waals surface area (Å²) in [6.07, 6.45) is 0.857. The first-order chi connectivity index (χ1) is 9.77. The minimum atomic E-state index is -3.87. The van der Waals surface area contributed by atoms with Crippen molar-refractivity contribution in [2.75, 3.05) is 6.61 Å². The van der Waals surface area contributed by atoms with Gasteiger partial charge < -0.3 is 9.84 Å². The third-order valence-electron chi connectivity index (χ3n) is 2.82. The van der Waals surface area contributed by atoms with Crippen molar-refractivity contribution in [3.8, 4) is 5.75 Å². The molecule has 0 unspecified atom stereocenters. The van der Waals surface area contributed by atoms with Gasteiger partial charge in [-0.15, -0.1) is 0 Å². The first kappa shape index (κ1) is 17.5. The van der Waals surface area contributed by atoms with Gasteiger partial charge in [0.25, 0.3) is 0 Å². The minimum absolute atomic E-state index is 0.0123. The van der Waals surface area contributed by atoms with Crippen molar-refractivity contribution in [3.63, 3.8) is 0 Å². The highest BCUT2D eigenvalue weighted by atomic mass is 32.2. The summed E-state index contributed by atoms with van der Waals surface area (Å²) in [7, 11) is -3.87. The lowest BCUT2D eigenvalue weighted by Crippen LogP contribution is -2.44. The van der Waals surface area contributed by atoms with Crippen LogP contribution in [0.15, 0.2) is 29.2 Å². The number of carboxylic acid groups (broad SMARTS) is 1. The van der Waals surface area contributed by atoms with Gasteiger partial charge in [-0.2, -0.15) is 4.72 Å². The smallest absolute Gasteiger partial charge is 0.322 e. The van der Waals surface area contributed by atoms with Crippen molar-refractivity contribution >= 4 is 16.0 Å². The summed E-state index contributed by atoms with van der Waals surface area (Å²) >= 11 is 0. The van der Waals surface area contributed by atoms with Gasteiger partial charge in [-0.3, -0.25) is 4.79 Å². The van der Waals surface area contributed by atoms with Crippen LogP contribution in [0, 0.1) is 5.92 Å². The zero-order chi connectivity index (χ0) is 16.0. The van der Waals surface area contributed by atoms with Gasteiger partial charge in [0.1, 0.15) is 11.8 Å². The van der Waals surface area contributed by atoms with Crippen LogP contribution < -0.4 is 9.46 Å². The molecule has 0 aromatic heterocycles. The summed E-state index contributed by atoms with van der Waals surface area (Å²) < 4.78 is 31.9. The molecule has 7 heteroatoms. The largest absolute Gasteiger partial charge is 0.494 e. The minimum Gasteiger partial charge on any atom is -0.494 e. The van der Waals surface area contributed by atoms with Crippen LogP contribution in [0.4, 0.5) is 0 Å². The SMILES string of the molecule is CCCOc1ccc(S(=O)(=O)N[C@H](C(=O)O)C(C)C)cc1. The topological polar surface area (TPSA) is 92.7 Å². The summed E-state index contributed by atoms with van der Waals surface area (Å²) in [5.74, 6) is -0.977. The summed E-state index contributed by atoms with van der Waals surface area (Å²) in [5, 5.41) is 9.05. The van der Waals surface area contributed by atoms with Crippen LogP contribution in [-0.2, 0) is 14.8 Å².